The van der Waals surface area contributed by atoms with E-state index in [0.717, 1.165) is 0 Å². The largest absolute Gasteiger partial charge is 0.388 e. The molecule has 20 heavy (non-hydrogen) atoms. The van der Waals surface area contributed by atoms with Gasteiger partial charge in [-0.1, -0.05) is 56.2 Å². The van der Waals surface area contributed by atoms with E-state index in [0.29, 0.717) is 0 Å². The Morgan fingerprint density at radius 2 is 1.15 bits per heavy atom. The minimum Gasteiger partial charge on any atom is -0.388 e. The number of allylic oxidation sites excluding steroid dienone is 1. The van der Waals surface area contributed by atoms with E-state index in [1.54, 1.807) is 0 Å². The average molecular weight is 270 g/mol. The average Bonchev–Trinajstić information content (AvgIpc) is 2.40. The molecule has 0 aliphatic heterocycles. The van der Waals surface area contributed by atoms with Crippen LogP contribution in [-0.4, -0.2) is 10.7 Å². The number of aliphatic hydroxyl groups is 1. The van der Waals surface area contributed by atoms with Crippen molar-refractivity contribution in [2.24, 2.45) is 5.41 Å². The molecule has 0 fully saturated rings. The number of hydrogen-bond donors (Lipinski definition) is 1. The first-order valence-corrected chi connectivity index (χ1v) is 7.55. The summed E-state index contributed by atoms with van der Waals surface area (Å²) in [5.41, 5.74) is 4.04. The zero-order chi connectivity index (χ0) is 15.1. The molecule has 3 atom stereocenters. The van der Waals surface area contributed by atoms with Crippen molar-refractivity contribution in [2.75, 3.05) is 0 Å². The lowest BCUT2D eigenvalue weighted by atomic mass is 9.36. The molecule has 0 saturated heterocycles. The van der Waals surface area contributed by atoms with Gasteiger partial charge in [-0.15, -0.1) is 0 Å². The van der Waals surface area contributed by atoms with Crippen molar-refractivity contribution in [1.29, 1.82) is 0 Å². The molecule has 1 aromatic rings. The van der Waals surface area contributed by atoms with Crippen LogP contribution in [0.15, 0.2) is 35.4 Å². The molecular formula is C19H26O. The van der Waals surface area contributed by atoms with Gasteiger partial charge in [-0.3, -0.25) is 0 Å². The molecule has 1 N–H and O–H groups in total. The Balaban J connectivity index is 2.56. The van der Waals surface area contributed by atoms with E-state index in [1.807, 2.05) is 6.92 Å². The third-order valence-electron chi connectivity index (χ3n) is 7.51. The zero-order valence-corrected chi connectivity index (χ0v) is 13.8. The van der Waals surface area contributed by atoms with Crippen molar-refractivity contribution in [1.82, 2.24) is 0 Å². The molecule has 0 radical (unpaired) electrons. The second kappa shape index (κ2) is 3.39. The molecule has 2 bridgehead atoms. The first kappa shape index (κ1) is 13.9. The maximum absolute atomic E-state index is 11.5. The van der Waals surface area contributed by atoms with Gasteiger partial charge in [0.2, 0.25) is 0 Å². The van der Waals surface area contributed by atoms with Gasteiger partial charge in [-0.25, -0.2) is 0 Å². The maximum Gasteiger partial charge on any atom is 0.0812 e. The molecular weight excluding hydrogens is 244 g/mol. The van der Waals surface area contributed by atoms with Crippen LogP contribution in [0.1, 0.15) is 59.6 Å². The number of hydrogen-bond acceptors (Lipinski definition) is 1. The minimum absolute atomic E-state index is 0.116. The molecule has 3 aliphatic carbocycles. The molecule has 3 aliphatic rings. The molecule has 0 saturated carbocycles. The van der Waals surface area contributed by atoms with E-state index >= 15 is 0 Å². The van der Waals surface area contributed by atoms with E-state index in [2.05, 4.69) is 65.8 Å². The minimum atomic E-state index is -0.771. The summed E-state index contributed by atoms with van der Waals surface area (Å²) in [4.78, 5) is 0. The Kier molecular flexibility index (Phi) is 2.35. The van der Waals surface area contributed by atoms with Crippen LogP contribution in [0.4, 0.5) is 0 Å². The zero-order valence-electron chi connectivity index (χ0n) is 13.8. The first-order chi connectivity index (χ1) is 9.04. The van der Waals surface area contributed by atoms with Crippen molar-refractivity contribution >= 4 is 0 Å². The summed E-state index contributed by atoms with van der Waals surface area (Å²) in [7, 11) is 0. The lowest BCUT2D eigenvalue weighted by molar-refractivity contribution is -0.146. The Bertz CT molecular complexity index is 580. The summed E-state index contributed by atoms with van der Waals surface area (Å²) in [6.45, 7) is 15.4. The molecule has 0 heterocycles. The van der Waals surface area contributed by atoms with Gasteiger partial charge in [-0.05, 0) is 38.8 Å². The summed E-state index contributed by atoms with van der Waals surface area (Å²) < 4.78 is 0. The maximum atomic E-state index is 11.5. The van der Waals surface area contributed by atoms with Gasteiger partial charge >= 0.3 is 0 Å². The van der Waals surface area contributed by atoms with Gasteiger partial charge in [0.05, 0.1) is 5.60 Å². The highest BCUT2D eigenvalue weighted by Gasteiger charge is 2.70. The van der Waals surface area contributed by atoms with Crippen LogP contribution in [0.3, 0.4) is 0 Å². The van der Waals surface area contributed by atoms with Crippen molar-refractivity contribution in [2.45, 2.75) is 64.9 Å². The monoisotopic (exact) mass is 270 g/mol. The van der Waals surface area contributed by atoms with Crippen LogP contribution in [0, 0.1) is 5.41 Å². The van der Waals surface area contributed by atoms with E-state index in [1.165, 1.54) is 22.3 Å². The van der Waals surface area contributed by atoms with E-state index in [-0.39, 0.29) is 16.2 Å². The second-order valence-electron chi connectivity index (χ2n) is 7.74. The lowest BCUT2D eigenvalue weighted by Crippen LogP contribution is -2.71. The van der Waals surface area contributed by atoms with Crippen LogP contribution in [0.25, 0.3) is 0 Å². The number of benzene rings is 1. The van der Waals surface area contributed by atoms with Gasteiger partial charge in [0.25, 0.3) is 0 Å². The normalized spacial score (nSPS) is 41.8. The predicted molar refractivity (Wildman–Crippen MR) is 83.9 cm³/mol. The molecule has 4 rings (SSSR count). The van der Waals surface area contributed by atoms with Gasteiger partial charge < -0.3 is 5.11 Å². The van der Waals surface area contributed by atoms with Gasteiger partial charge in [0, 0.05) is 16.2 Å². The molecule has 0 amide bonds. The van der Waals surface area contributed by atoms with Crippen molar-refractivity contribution < 1.29 is 5.11 Å². The summed E-state index contributed by atoms with van der Waals surface area (Å²) in [5, 5.41) is 11.5. The van der Waals surface area contributed by atoms with Crippen molar-refractivity contribution in [3.8, 4) is 0 Å². The van der Waals surface area contributed by atoms with Crippen molar-refractivity contribution in [3.05, 3.63) is 46.5 Å². The summed E-state index contributed by atoms with van der Waals surface area (Å²) in [6.07, 6.45) is 0. The van der Waals surface area contributed by atoms with E-state index in [9.17, 15) is 5.11 Å². The summed E-state index contributed by atoms with van der Waals surface area (Å²) in [5.74, 6) is 0. The molecule has 1 heteroatoms. The fraction of sp³-hybridized carbons (Fsp3) is 0.579. The molecule has 1 aromatic carbocycles. The van der Waals surface area contributed by atoms with E-state index in [4.69, 9.17) is 0 Å². The van der Waals surface area contributed by atoms with Crippen LogP contribution in [0.5, 0.6) is 0 Å². The fourth-order valence-electron chi connectivity index (χ4n) is 5.05. The Hall–Kier alpha value is -1.08. The highest BCUT2D eigenvalue weighted by Crippen LogP contribution is 2.69. The number of rotatable bonds is 0. The molecule has 3 unspecified atom stereocenters. The molecule has 108 valence electrons. The molecule has 0 spiro atoms. The third-order valence-corrected chi connectivity index (χ3v) is 7.51. The van der Waals surface area contributed by atoms with Crippen LogP contribution in [0.2, 0.25) is 0 Å². The molecule has 1 nitrogen and oxygen atoms in total. The van der Waals surface area contributed by atoms with E-state index < -0.39 is 5.60 Å². The summed E-state index contributed by atoms with van der Waals surface area (Å²) in [6, 6.07) is 8.68. The SMILES string of the molecule is CC1=C(C)C2(C)c3ccccc3C1(C)C(C)(C)C2(C)O. The van der Waals surface area contributed by atoms with Crippen LogP contribution >= 0.6 is 0 Å². The Morgan fingerprint density at radius 1 is 0.750 bits per heavy atom. The quantitative estimate of drug-likeness (QED) is 0.695. The second-order valence-corrected chi connectivity index (χ2v) is 7.74. The lowest BCUT2D eigenvalue weighted by Gasteiger charge is -2.69. The smallest absolute Gasteiger partial charge is 0.0812 e. The Morgan fingerprint density at radius 3 is 1.65 bits per heavy atom. The number of fused-ring (bicyclic) bond motifs is 1. The van der Waals surface area contributed by atoms with Gasteiger partial charge in [0.15, 0.2) is 0 Å². The van der Waals surface area contributed by atoms with Crippen molar-refractivity contribution in [3.63, 3.8) is 0 Å². The topological polar surface area (TPSA) is 20.2 Å². The highest BCUT2D eigenvalue weighted by atomic mass is 16.3. The first-order valence-electron chi connectivity index (χ1n) is 7.55. The fourth-order valence-corrected chi connectivity index (χ4v) is 5.05. The summed E-state index contributed by atoms with van der Waals surface area (Å²) >= 11 is 0. The van der Waals surface area contributed by atoms with Gasteiger partial charge in [0.1, 0.15) is 0 Å². The predicted octanol–water partition coefficient (Wildman–Crippen LogP) is 4.34. The molecule has 0 aromatic heterocycles. The standard InChI is InChI=1S/C19H26O/c1-12-13(2)18(6)15-11-9-8-10-14(15)17(12,5)16(3,4)19(18,7)20/h8-11,20H,1-7H3. The van der Waals surface area contributed by atoms with Crippen LogP contribution < -0.4 is 0 Å². The van der Waals surface area contributed by atoms with Crippen LogP contribution in [-0.2, 0) is 10.8 Å². The van der Waals surface area contributed by atoms with Gasteiger partial charge in [-0.2, -0.15) is 0 Å². The third kappa shape index (κ3) is 1.02. The highest BCUT2D eigenvalue weighted by molar-refractivity contribution is 5.62. The Labute approximate surface area is 122 Å².